The van der Waals surface area contributed by atoms with Crippen LogP contribution in [0.4, 0.5) is 4.79 Å². The van der Waals surface area contributed by atoms with Crippen molar-refractivity contribution in [2.75, 3.05) is 33.7 Å². The van der Waals surface area contributed by atoms with Gasteiger partial charge >= 0.3 is 6.03 Å². The summed E-state index contributed by atoms with van der Waals surface area (Å²) >= 11 is 0. The minimum absolute atomic E-state index is 0.130. The lowest BCUT2D eigenvalue weighted by Gasteiger charge is -2.29. The molecule has 0 saturated heterocycles. The van der Waals surface area contributed by atoms with Gasteiger partial charge in [-0.2, -0.15) is 0 Å². The summed E-state index contributed by atoms with van der Waals surface area (Å²) in [7, 11) is 4.09. The van der Waals surface area contributed by atoms with Gasteiger partial charge in [-0.25, -0.2) is 4.79 Å². The van der Waals surface area contributed by atoms with Crippen molar-refractivity contribution in [2.24, 2.45) is 0 Å². The van der Waals surface area contributed by atoms with Crippen LogP contribution in [-0.2, 0) is 0 Å². The molecule has 1 N–H and O–H groups in total. The van der Waals surface area contributed by atoms with Gasteiger partial charge in [-0.3, -0.25) is 0 Å². The summed E-state index contributed by atoms with van der Waals surface area (Å²) in [6.07, 6.45) is 7.17. The number of carbonyl (C=O) groups is 1. The fourth-order valence-electron chi connectivity index (χ4n) is 2.42. The predicted molar refractivity (Wildman–Crippen MR) is 75.8 cm³/mol. The summed E-state index contributed by atoms with van der Waals surface area (Å²) < 4.78 is 0. The van der Waals surface area contributed by atoms with Crippen LogP contribution in [0, 0.1) is 0 Å². The lowest BCUT2D eigenvalue weighted by molar-refractivity contribution is 0.184. The van der Waals surface area contributed by atoms with E-state index in [0.29, 0.717) is 6.04 Å². The van der Waals surface area contributed by atoms with Gasteiger partial charge in [-0.1, -0.05) is 26.2 Å². The first-order valence-electron chi connectivity index (χ1n) is 7.33. The predicted octanol–water partition coefficient (Wildman–Crippen LogP) is 2.30. The molecule has 0 aromatic rings. The van der Waals surface area contributed by atoms with Gasteiger partial charge in [-0.15, -0.1) is 0 Å². The third-order valence-electron chi connectivity index (χ3n) is 3.53. The molecule has 0 spiro atoms. The molecule has 1 aliphatic carbocycles. The first-order chi connectivity index (χ1) is 8.63. The van der Waals surface area contributed by atoms with E-state index in [0.717, 1.165) is 38.9 Å². The quantitative estimate of drug-likeness (QED) is 0.790. The van der Waals surface area contributed by atoms with Crippen molar-refractivity contribution in [2.45, 2.75) is 51.5 Å². The largest absolute Gasteiger partial charge is 0.335 e. The van der Waals surface area contributed by atoms with Crippen LogP contribution in [0.3, 0.4) is 0 Å². The third-order valence-corrected chi connectivity index (χ3v) is 3.53. The summed E-state index contributed by atoms with van der Waals surface area (Å²) in [4.78, 5) is 16.3. The Kier molecular flexibility index (Phi) is 7.09. The second-order valence-corrected chi connectivity index (χ2v) is 5.57. The van der Waals surface area contributed by atoms with Crippen molar-refractivity contribution in [3.8, 4) is 0 Å². The molecule has 0 aromatic carbocycles. The van der Waals surface area contributed by atoms with Gasteiger partial charge in [-0.05, 0) is 33.4 Å². The molecular formula is C14H29N3O. The van der Waals surface area contributed by atoms with Crippen molar-refractivity contribution < 1.29 is 4.79 Å². The molecule has 1 saturated carbocycles. The number of nitrogens with zero attached hydrogens (tertiary/aromatic N) is 2. The number of amides is 2. The highest BCUT2D eigenvalue weighted by atomic mass is 16.2. The first kappa shape index (κ1) is 15.3. The highest BCUT2D eigenvalue weighted by Gasteiger charge is 2.19. The fourth-order valence-corrected chi connectivity index (χ4v) is 2.42. The van der Waals surface area contributed by atoms with Gasteiger partial charge in [0.25, 0.3) is 0 Å². The Balaban J connectivity index is 2.37. The van der Waals surface area contributed by atoms with Crippen LogP contribution in [-0.4, -0.2) is 55.6 Å². The second-order valence-electron chi connectivity index (χ2n) is 5.57. The minimum atomic E-state index is 0.130. The van der Waals surface area contributed by atoms with Gasteiger partial charge in [0.15, 0.2) is 0 Å². The molecule has 18 heavy (non-hydrogen) atoms. The van der Waals surface area contributed by atoms with E-state index in [1.54, 1.807) is 0 Å². The van der Waals surface area contributed by atoms with E-state index in [1.165, 1.54) is 19.3 Å². The molecule has 0 aliphatic heterocycles. The number of rotatable bonds is 6. The van der Waals surface area contributed by atoms with E-state index in [1.807, 2.05) is 19.0 Å². The molecule has 0 aromatic heterocycles. The minimum Gasteiger partial charge on any atom is -0.335 e. The van der Waals surface area contributed by atoms with Gasteiger partial charge in [0.2, 0.25) is 0 Å². The van der Waals surface area contributed by atoms with Crippen LogP contribution in [0.25, 0.3) is 0 Å². The van der Waals surface area contributed by atoms with E-state index in [4.69, 9.17) is 0 Å². The molecule has 0 atom stereocenters. The molecular weight excluding hydrogens is 226 g/mol. The van der Waals surface area contributed by atoms with Crippen LogP contribution >= 0.6 is 0 Å². The zero-order valence-electron chi connectivity index (χ0n) is 12.2. The lowest BCUT2D eigenvalue weighted by Crippen LogP contribution is -2.47. The second kappa shape index (κ2) is 8.35. The molecule has 0 bridgehead atoms. The Bertz CT molecular complexity index is 237. The van der Waals surface area contributed by atoms with E-state index in [9.17, 15) is 4.79 Å². The molecule has 1 aliphatic rings. The van der Waals surface area contributed by atoms with Crippen LogP contribution < -0.4 is 5.32 Å². The van der Waals surface area contributed by atoms with Gasteiger partial charge < -0.3 is 15.1 Å². The summed E-state index contributed by atoms with van der Waals surface area (Å²) in [6, 6.07) is 0.538. The van der Waals surface area contributed by atoms with Crippen molar-refractivity contribution in [3.05, 3.63) is 0 Å². The SMILES string of the molecule is CCCN(CCN(C)C)C(=O)NC1CCCCC1. The summed E-state index contributed by atoms with van der Waals surface area (Å²) in [5, 5.41) is 3.20. The van der Waals surface area contributed by atoms with Gasteiger partial charge in [0.1, 0.15) is 0 Å². The standard InChI is InChI=1S/C14H29N3O/c1-4-10-17(12-11-16(2)3)14(18)15-13-8-6-5-7-9-13/h13H,4-12H2,1-3H3,(H,15,18). The number of hydrogen-bond acceptors (Lipinski definition) is 2. The summed E-state index contributed by atoms with van der Waals surface area (Å²) in [5.41, 5.74) is 0. The molecule has 106 valence electrons. The number of hydrogen-bond donors (Lipinski definition) is 1. The van der Waals surface area contributed by atoms with E-state index in [2.05, 4.69) is 17.1 Å². The highest BCUT2D eigenvalue weighted by molar-refractivity contribution is 5.74. The number of likely N-dealkylation sites (N-methyl/N-ethyl adjacent to an activating group) is 1. The van der Waals surface area contributed by atoms with Crippen molar-refractivity contribution >= 4 is 6.03 Å². The Labute approximate surface area is 112 Å². The van der Waals surface area contributed by atoms with Crippen LogP contribution in [0.2, 0.25) is 0 Å². The third kappa shape index (κ3) is 5.71. The van der Waals surface area contributed by atoms with Crippen molar-refractivity contribution in [1.82, 2.24) is 15.1 Å². The maximum absolute atomic E-state index is 12.2. The fraction of sp³-hybridized carbons (Fsp3) is 0.929. The van der Waals surface area contributed by atoms with Gasteiger partial charge in [0.05, 0.1) is 0 Å². The Hall–Kier alpha value is -0.770. The molecule has 2 amide bonds. The Morgan fingerprint density at radius 2 is 1.78 bits per heavy atom. The lowest BCUT2D eigenvalue weighted by atomic mass is 9.96. The Morgan fingerprint density at radius 1 is 1.11 bits per heavy atom. The average Bonchev–Trinajstić information content (AvgIpc) is 2.35. The smallest absolute Gasteiger partial charge is 0.317 e. The maximum Gasteiger partial charge on any atom is 0.317 e. The van der Waals surface area contributed by atoms with E-state index >= 15 is 0 Å². The maximum atomic E-state index is 12.2. The van der Waals surface area contributed by atoms with E-state index in [-0.39, 0.29) is 6.03 Å². The van der Waals surface area contributed by atoms with Gasteiger partial charge in [0, 0.05) is 25.7 Å². The zero-order chi connectivity index (χ0) is 13.4. The van der Waals surface area contributed by atoms with Crippen molar-refractivity contribution in [3.63, 3.8) is 0 Å². The molecule has 1 rings (SSSR count). The number of nitrogens with one attached hydrogen (secondary N) is 1. The number of carbonyl (C=O) groups excluding carboxylic acids is 1. The van der Waals surface area contributed by atoms with Crippen molar-refractivity contribution in [1.29, 1.82) is 0 Å². The number of urea groups is 1. The topological polar surface area (TPSA) is 35.6 Å². The Morgan fingerprint density at radius 3 is 2.33 bits per heavy atom. The monoisotopic (exact) mass is 255 g/mol. The molecule has 4 nitrogen and oxygen atoms in total. The van der Waals surface area contributed by atoms with Crippen LogP contribution in [0.1, 0.15) is 45.4 Å². The molecule has 1 fully saturated rings. The van der Waals surface area contributed by atoms with Crippen LogP contribution in [0.5, 0.6) is 0 Å². The highest BCUT2D eigenvalue weighted by Crippen LogP contribution is 2.17. The summed E-state index contributed by atoms with van der Waals surface area (Å²) in [5.74, 6) is 0. The summed E-state index contributed by atoms with van der Waals surface area (Å²) in [6.45, 7) is 4.72. The average molecular weight is 255 g/mol. The molecule has 0 heterocycles. The molecule has 0 unspecified atom stereocenters. The normalized spacial score (nSPS) is 16.9. The zero-order valence-corrected chi connectivity index (χ0v) is 12.2. The molecule has 0 radical (unpaired) electrons. The molecule has 4 heteroatoms. The van der Waals surface area contributed by atoms with Crippen LogP contribution in [0.15, 0.2) is 0 Å². The van der Waals surface area contributed by atoms with E-state index < -0.39 is 0 Å². The first-order valence-corrected chi connectivity index (χ1v) is 7.33.